The van der Waals surface area contributed by atoms with Crippen molar-refractivity contribution in [2.75, 3.05) is 5.32 Å². The summed E-state index contributed by atoms with van der Waals surface area (Å²) in [6, 6.07) is 5.89. The molecule has 0 saturated carbocycles. The minimum absolute atomic E-state index is 0.168. The van der Waals surface area contributed by atoms with Gasteiger partial charge in [0.1, 0.15) is 16.8 Å². The lowest BCUT2D eigenvalue weighted by Gasteiger charge is -2.20. The molecular formula is C15H16Br2ClN3. The van der Waals surface area contributed by atoms with Crippen LogP contribution in [-0.4, -0.2) is 9.97 Å². The Labute approximate surface area is 146 Å². The maximum absolute atomic E-state index is 6.26. The van der Waals surface area contributed by atoms with Crippen LogP contribution in [0.2, 0.25) is 5.15 Å². The summed E-state index contributed by atoms with van der Waals surface area (Å²) in [6.45, 7) is 8.09. The Bertz CT molecular complexity index is 661. The number of aromatic nitrogens is 2. The maximum atomic E-state index is 6.26. The molecule has 0 aliphatic carbocycles. The van der Waals surface area contributed by atoms with Gasteiger partial charge >= 0.3 is 0 Å². The minimum Gasteiger partial charge on any atom is -0.338 e. The van der Waals surface area contributed by atoms with Crippen LogP contribution >= 0.6 is 43.5 Å². The van der Waals surface area contributed by atoms with Crippen LogP contribution in [0.1, 0.15) is 32.2 Å². The molecule has 0 bridgehead atoms. The summed E-state index contributed by atoms with van der Waals surface area (Å²) in [4.78, 5) is 9.02. The van der Waals surface area contributed by atoms with E-state index in [1.807, 2.05) is 25.1 Å². The molecule has 0 amide bonds. The van der Waals surface area contributed by atoms with Crippen molar-refractivity contribution in [3.8, 4) is 0 Å². The fraction of sp³-hybridized carbons (Fsp3) is 0.333. The van der Waals surface area contributed by atoms with E-state index >= 15 is 0 Å². The van der Waals surface area contributed by atoms with Gasteiger partial charge in [0.15, 0.2) is 0 Å². The third-order valence-corrected chi connectivity index (χ3v) is 4.65. The van der Waals surface area contributed by atoms with Gasteiger partial charge in [0.2, 0.25) is 0 Å². The van der Waals surface area contributed by atoms with Gasteiger partial charge in [0, 0.05) is 19.9 Å². The van der Waals surface area contributed by atoms with E-state index in [0.29, 0.717) is 16.8 Å². The zero-order valence-corrected chi connectivity index (χ0v) is 16.2. The van der Waals surface area contributed by atoms with Gasteiger partial charge in [-0.05, 0) is 50.9 Å². The molecule has 1 aromatic heterocycles. The predicted molar refractivity (Wildman–Crippen MR) is 95.6 cm³/mol. The summed E-state index contributed by atoms with van der Waals surface area (Å²) in [5.74, 6) is 1.43. The fourth-order valence-corrected chi connectivity index (χ4v) is 3.05. The van der Waals surface area contributed by atoms with Crippen LogP contribution in [0.15, 0.2) is 27.1 Å². The molecule has 0 saturated heterocycles. The lowest BCUT2D eigenvalue weighted by molar-refractivity contribution is 0.545. The largest absolute Gasteiger partial charge is 0.338 e. The van der Waals surface area contributed by atoms with Crippen molar-refractivity contribution in [3.05, 3.63) is 43.7 Å². The Balaban J connectivity index is 2.52. The molecule has 0 fully saturated rings. The summed E-state index contributed by atoms with van der Waals surface area (Å²) < 4.78 is 1.90. The molecule has 2 aromatic rings. The monoisotopic (exact) mass is 431 g/mol. The Hall–Kier alpha value is -0.650. The van der Waals surface area contributed by atoms with E-state index in [9.17, 15) is 0 Å². The Morgan fingerprint density at radius 3 is 2.19 bits per heavy atom. The van der Waals surface area contributed by atoms with Gasteiger partial charge in [-0.1, -0.05) is 38.4 Å². The number of halogens is 3. The molecule has 112 valence electrons. The van der Waals surface area contributed by atoms with Crippen LogP contribution in [0.25, 0.3) is 0 Å². The molecule has 1 N–H and O–H groups in total. The molecular weight excluding hydrogens is 417 g/mol. The van der Waals surface area contributed by atoms with E-state index in [0.717, 1.165) is 20.2 Å². The summed E-state index contributed by atoms with van der Waals surface area (Å²) in [5, 5.41) is 3.81. The second kappa shape index (κ2) is 6.23. The first-order valence-corrected chi connectivity index (χ1v) is 8.42. The first-order chi connectivity index (χ1) is 9.70. The molecule has 3 nitrogen and oxygen atoms in total. The molecule has 0 atom stereocenters. The van der Waals surface area contributed by atoms with Crippen LogP contribution < -0.4 is 5.32 Å². The Morgan fingerprint density at radius 1 is 1.10 bits per heavy atom. The summed E-state index contributed by atoms with van der Waals surface area (Å²) >= 11 is 13.3. The summed E-state index contributed by atoms with van der Waals surface area (Å²) in [6.07, 6.45) is 0. The van der Waals surface area contributed by atoms with Crippen molar-refractivity contribution in [3.63, 3.8) is 0 Å². The molecule has 2 rings (SSSR count). The molecule has 6 heteroatoms. The second-order valence-electron chi connectivity index (χ2n) is 5.78. The third kappa shape index (κ3) is 3.76. The molecule has 1 heterocycles. The smallest absolute Gasteiger partial charge is 0.138 e. The van der Waals surface area contributed by atoms with E-state index in [1.54, 1.807) is 0 Å². The van der Waals surface area contributed by atoms with Gasteiger partial charge in [0.05, 0.1) is 5.69 Å². The van der Waals surface area contributed by atoms with Crippen molar-refractivity contribution < 1.29 is 0 Å². The van der Waals surface area contributed by atoms with E-state index < -0.39 is 0 Å². The average Bonchev–Trinajstić information content (AvgIpc) is 2.37. The van der Waals surface area contributed by atoms with Crippen LogP contribution in [0, 0.1) is 6.92 Å². The molecule has 21 heavy (non-hydrogen) atoms. The minimum atomic E-state index is -0.168. The lowest BCUT2D eigenvalue weighted by Crippen LogP contribution is -2.17. The second-order valence-corrected chi connectivity index (χ2v) is 7.85. The highest BCUT2D eigenvalue weighted by molar-refractivity contribution is 9.11. The lowest BCUT2D eigenvalue weighted by atomic mass is 9.95. The van der Waals surface area contributed by atoms with Gasteiger partial charge in [-0.15, -0.1) is 0 Å². The van der Waals surface area contributed by atoms with E-state index in [2.05, 4.69) is 67.9 Å². The normalized spacial score (nSPS) is 11.6. The zero-order valence-electron chi connectivity index (χ0n) is 12.3. The Morgan fingerprint density at radius 2 is 1.67 bits per heavy atom. The van der Waals surface area contributed by atoms with Crippen LogP contribution in [-0.2, 0) is 5.41 Å². The van der Waals surface area contributed by atoms with Crippen LogP contribution in [0.4, 0.5) is 11.5 Å². The SMILES string of the molecule is Cc1c(Cl)nc(C(C)(C)C)nc1Nc1c(Br)cccc1Br. The molecule has 0 radical (unpaired) electrons. The number of benzene rings is 1. The van der Waals surface area contributed by atoms with E-state index in [4.69, 9.17) is 11.6 Å². The average molecular weight is 434 g/mol. The number of nitrogens with one attached hydrogen (secondary N) is 1. The maximum Gasteiger partial charge on any atom is 0.138 e. The highest BCUT2D eigenvalue weighted by Crippen LogP contribution is 2.35. The Kier molecular flexibility index (Phi) is 4.96. The first-order valence-electron chi connectivity index (χ1n) is 6.46. The van der Waals surface area contributed by atoms with Crippen molar-refractivity contribution in [1.29, 1.82) is 0 Å². The number of anilines is 2. The zero-order chi connectivity index (χ0) is 15.8. The van der Waals surface area contributed by atoms with Gasteiger partial charge in [-0.25, -0.2) is 9.97 Å². The van der Waals surface area contributed by atoms with Gasteiger partial charge in [-0.3, -0.25) is 0 Å². The van der Waals surface area contributed by atoms with Gasteiger partial charge in [0.25, 0.3) is 0 Å². The number of nitrogens with zero attached hydrogens (tertiary/aromatic N) is 2. The van der Waals surface area contributed by atoms with Crippen molar-refractivity contribution in [2.24, 2.45) is 0 Å². The van der Waals surface area contributed by atoms with E-state index in [-0.39, 0.29) is 5.41 Å². The number of hydrogen-bond acceptors (Lipinski definition) is 3. The summed E-state index contributed by atoms with van der Waals surface area (Å²) in [7, 11) is 0. The van der Waals surface area contributed by atoms with Crippen LogP contribution in [0.3, 0.4) is 0 Å². The molecule has 0 aliphatic heterocycles. The van der Waals surface area contributed by atoms with Crippen LogP contribution in [0.5, 0.6) is 0 Å². The van der Waals surface area contributed by atoms with Crippen molar-refractivity contribution in [1.82, 2.24) is 9.97 Å². The molecule has 0 aliphatic rings. The van der Waals surface area contributed by atoms with Gasteiger partial charge < -0.3 is 5.32 Å². The molecule has 1 aromatic carbocycles. The quantitative estimate of drug-likeness (QED) is 0.590. The number of para-hydroxylation sites is 1. The predicted octanol–water partition coefficient (Wildman–Crippen LogP) is 6.00. The number of hydrogen-bond donors (Lipinski definition) is 1. The standard InChI is InChI=1S/C15H16Br2ClN3/c1-8-12(18)20-14(15(2,3)4)21-13(8)19-11-9(16)6-5-7-10(11)17/h5-7H,1-4H3,(H,19,20,21). The topological polar surface area (TPSA) is 37.8 Å². The summed E-state index contributed by atoms with van der Waals surface area (Å²) in [5.41, 5.74) is 1.57. The van der Waals surface area contributed by atoms with Gasteiger partial charge in [-0.2, -0.15) is 0 Å². The third-order valence-electron chi connectivity index (χ3n) is 2.96. The van der Waals surface area contributed by atoms with E-state index in [1.165, 1.54) is 0 Å². The number of rotatable bonds is 2. The molecule has 0 unspecified atom stereocenters. The molecule has 0 spiro atoms. The first kappa shape index (κ1) is 16.7. The van der Waals surface area contributed by atoms with Crippen molar-refractivity contribution in [2.45, 2.75) is 33.1 Å². The highest BCUT2D eigenvalue weighted by Gasteiger charge is 2.21. The highest BCUT2D eigenvalue weighted by atomic mass is 79.9. The fourth-order valence-electron chi connectivity index (χ4n) is 1.68. The van der Waals surface area contributed by atoms with Crippen molar-refractivity contribution >= 4 is 55.0 Å².